The first-order valence-corrected chi connectivity index (χ1v) is 20.3. The van der Waals surface area contributed by atoms with Gasteiger partial charge in [0.05, 0.1) is 17.4 Å². The van der Waals surface area contributed by atoms with Gasteiger partial charge in [-0.15, -0.1) is 0 Å². The van der Waals surface area contributed by atoms with E-state index in [9.17, 15) is 0 Å². The van der Waals surface area contributed by atoms with Crippen molar-refractivity contribution in [3.8, 4) is 28.1 Å². The lowest BCUT2D eigenvalue weighted by molar-refractivity contribution is 0.589. The van der Waals surface area contributed by atoms with Crippen LogP contribution in [0.5, 0.6) is 0 Å². The summed E-state index contributed by atoms with van der Waals surface area (Å²) in [5.74, 6) is 0. The fourth-order valence-electron chi connectivity index (χ4n) is 9.04. The summed E-state index contributed by atoms with van der Waals surface area (Å²) in [6.07, 6.45) is 5.43. The number of hydrogen-bond donors (Lipinski definition) is 1. The molecule has 0 radical (unpaired) electrons. The number of aryl methyl sites for hydroxylation is 1. The molecule has 0 spiro atoms. The molecule has 2 aliphatic rings. The predicted octanol–water partition coefficient (Wildman–Crippen LogP) is 11.3. The van der Waals surface area contributed by atoms with Crippen molar-refractivity contribution in [3.05, 3.63) is 119 Å². The molecule has 2 aromatic heterocycles. The maximum Gasteiger partial charge on any atom is 0.252 e. The minimum Gasteiger partial charge on any atom is -0.356 e. The van der Waals surface area contributed by atoms with E-state index in [1.54, 1.807) is 12.4 Å². The van der Waals surface area contributed by atoms with Gasteiger partial charge in [-0.05, 0) is 115 Å². The van der Waals surface area contributed by atoms with Gasteiger partial charge in [-0.25, -0.2) is 0 Å². The monoisotopic (exact) mass is 734 g/mol. The Bertz CT molecular complexity index is 2760. The van der Waals surface area contributed by atoms with E-state index in [4.69, 9.17) is 4.98 Å². The van der Waals surface area contributed by atoms with E-state index in [-0.39, 0.29) is 28.4 Å². The molecule has 0 amide bonds. The summed E-state index contributed by atoms with van der Waals surface area (Å²) >= 11 is 0. The van der Waals surface area contributed by atoms with Crippen LogP contribution in [0.25, 0.3) is 49.9 Å². The Morgan fingerprint density at radius 3 is 1.86 bits per heavy atom. The van der Waals surface area contributed by atoms with Gasteiger partial charge in [0.2, 0.25) is 0 Å². The number of nitrogens with zero attached hydrogens (tertiary/aromatic N) is 3. The van der Waals surface area contributed by atoms with Crippen LogP contribution in [-0.2, 0) is 21.7 Å². The molecule has 9 rings (SSSR count). The third-order valence-corrected chi connectivity index (χ3v) is 12.5. The standard InChI is InChI=1S/C51H55BN4/c1-29-14-15-31(48(2,3)4)22-35(29)37-24-33(50(8,9)10)26-39-46(37)55-41-20-30(42-28-53-18-19-54-42)21-44-45(41)52(39)40-27-34(51(11,12)13)25-38-36-23-32(49(5,6)7)16-17-43(36)56(44)47(38)40/h14-28,55H,1-13H3. The lowest BCUT2D eigenvalue weighted by Gasteiger charge is -2.37. The highest BCUT2D eigenvalue weighted by atomic mass is 15.0. The van der Waals surface area contributed by atoms with Gasteiger partial charge in [-0.3, -0.25) is 9.97 Å². The van der Waals surface area contributed by atoms with Crippen LogP contribution >= 0.6 is 0 Å². The lowest BCUT2D eigenvalue weighted by Crippen LogP contribution is -2.59. The van der Waals surface area contributed by atoms with Crippen LogP contribution in [-0.4, -0.2) is 21.2 Å². The molecule has 282 valence electrons. The molecule has 5 heteroatoms. The second kappa shape index (κ2) is 11.9. The highest BCUT2D eigenvalue weighted by molar-refractivity contribution is 7.00. The van der Waals surface area contributed by atoms with Gasteiger partial charge >= 0.3 is 0 Å². The normalized spacial score (nSPS) is 13.9. The molecule has 0 unspecified atom stereocenters. The fourth-order valence-corrected chi connectivity index (χ4v) is 9.04. The second-order valence-corrected chi connectivity index (χ2v) is 20.7. The zero-order chi connectivity index (χ0) is 39.9. The quantitative estimate of drug-likeness (QED) is 0.180. The van der Waals surface area contributed by atoms with Gasteiger partial charge in [-0.1, -0.05) is 119 Å². The van der Waals surface area contributed by atoms with Crippen LogP contribution in [0, 0.1) is 6.92 Å². The van der Waals surface area contributed by atoms with E-state index in [0.29, 0.717) is 0 Å². The summed E-state index contributed by atoms with van der Waals surface area (Å²) in [6.45, 7) is 30.3. The molecular formula is C51H55BN4. The van der Waals surface area contributed by atoms with Gasteiger partial charge in [0.25, 0.3) is 6.71 Å². The molecule has 0 fully saturated rings. The number of aromatic nitrogens is 3. The number of fused-ring (bicyclic) bond motifs is 7. The molecule has 1 N–H and O–H groups in total. The van der Waals surface area contributed by atoms with Crippen LogP contribution < -0.4 is 21.7 Å². The minimum absolute atomic E-state index is 0.0167. The number of benzene rings is 5. The first kappa shape index (κ1) is 36.5. The smallest absolute Gasteiger partial charge is 0.252 e. The van der Waals surface area contributed by atoms with Crippen molar-refractivity contribution in [1.82, 2.24) is 14.5 Å². The van der Waals surface area contributed by atoms with Crippen LogP contribution in [0.3, 0.4) is 0 Å². The van der Waals surface area contributed by atoms with E-state index in [1.807, 2.05) is 6.20 Å². The lowest BCUT2D eigenvalue weighted by atomic mass is 9.33. The number of nitrogens with one attached hydrogen (secondary N) is 1. The summed E-state index contributed by atoms with van der Waals surface area (Å²) in [6, 6.07) is 28.9. The van der Waals surface area contributed by atoms with Crippen LogP contribution in [0.2, 0.25) is 0 Å². The molecular weight excluding hydrogens is 679 g/mol. The van der Waals surface area contributed by atoms with Crippen LogP contribution in [0.1, 0.15) is 111 Å². The minimum atomic E-state index is -0.0617. The molecule has 4 heterocycles. The highest BCUT2D eigenvalue weighted by Gasteiger charge is 2.42. The van der Waals surface area contributed by atoms with Gasteiger partial charge in [0.1, 0.15) is 0 Å². The van der Waals surface area contributed by atoms with E-state index >= 15 is 0 Å². The van der Waals surface area contributed by atoms with Crippen molar-refractivity contribution in [3.63, 3.8) is 0 Å². The second-order valence-electron chi connectivity index (χ2n) is 20.7. The van der Waals surface area contributed by atoms with Gasteiger partial charge in [-0.2, -0.15) is 0 Å². The summed E-state index contributed by atoms with van der Waals surface area (Å²) in [5, 5.41) is 6.77. The van der Waals surface area contributed by atoms with E-state index < -0.39 is 0 Å². The van der Waals surface area contributed by atoms with Crippen molar-refractivity contribution in [2.24, 2.45) is 0 Å². The largest absolute Gasteiger partial charge is 0.356 e. The molecule has 0 aliphatic carbocycles. The van der Waals surface area contributed by atoms with Crippen LogP contribution in [0.4, 0.5) is 11.4 Å². The molecule has 5 aromatic carbocycles. The Balaban J connectivity index is 1.47. The topological polar surface area (TPSA) is 42.7 Å². The summed E-state index contributed by atoms with van der Waals surface area (Å²) in [4.78, 5) is 9.33. The number of anilines is 2. The highest BCUT2D eigenvalue weighted by Crippen LogP contribution is 2.44. The molecule has 0 saturated heterocycles. The maximum atomic E-state index is 4.82. The molecule has 0 bridgehead atoms. The first-order valence-electron chi connectivity index (χ1n) is 20.3. The van der Waals surface area contributed by atoms with Gasteiger partial charge in [0.15, 0.2) is 0 Å². The van der Waals surface area contributed by atoms with Crippen molar-refractivity contribution in [2.45, 2.75) is 112 Å². The van der Waals surface area contributed by atoms with Gasteiger partial charge in [0, 0.05) is 56.9 Å². The van der Waals surface area contributed by atoms with E-state index in [1.165, 1.54) is 88.5 Å². The zero-order valence-electron chi connectivity index (χ0n) is 35.6. The Morgan fingerprint density at radius 2 is 1.20 bits per heavy atom. The first-order chi connectivity index (χ1) is 26.2. The Morgan fingerprint density at radius 1 is 0.589 bits per heavy atom. The Kier molecular flexibility index (Phi) is 7.77. The van der Waals surface area contributed by atoms with Crippen molar-refractivity contribution in [1.29, 1.82) is 0 Å². The molecule has 7 aromatic rings. The third-order valence-electron chi connectivity index (χ3n) is 12.5. The third kappa shape index (κ3) is 5.64. The summed E-state index contributed by atoms with van der Waals surface area (Å²) < 4.78 is 2.56. The Hall–Kier alpha value is -5.16. The molecule has 2 aliphatic heterocycles. The van der Waals surface area contributed by atoms with Crippen molar-refractivity contribution >= 4 is 56.3 Å². The van der Waals surface area contributed by atoms with E-state index in [0.717, 1.165) is 16.9 Å². The Labute approximate surface area is 333 Å². The molecule has 0 atom stereocenters. The average Bonchev–Trinajstić information content (AvgIpc) is 3.46. The van der Waals surface area contributed by atoms with Crippen molar-refractivity contribution < 1.29 is 0 Å². The predicted molar refractivity (Wildman–Crippen MR) is 241 cm³/mol. The molecule has 0 saturated carbocycles. The zero-order valence-corrected chi connectivity index (χ0v) is 35.6. The SMILES string of the molecule is Cc1ccc(C(C)(C)C)cc1-c1cc(C(C)(C)C)cc2c1Nc1cc(-c3cnccn3)cc3c1B2c1cc(C(C)(C)C)cc2c4cc(C(C)(C)C)ccc4n-3c12. The number of rotatable bonds is 2. The summed E-state index contributed by atoms with van der Waals surface area (Å²) in [5.41, 5.74) is 21.2. The molecule has 56 heavy (non-hydrogen) atoms. The average molecular weight is 735 g/mol. The van der Waals surface area contributed by atoms with Crippen LogP contribution in [0.15, 0.2) is 91.4 Å². The van der Waals surface area contributed by atoms with Gasteiger partial charge < -0.3 is 9.88 Å². The number of hydrogen-bond acceptors (Lipinski definition) is 3. The fraction of sp³-hybridized carbons (Fsp3) is 0.333. The van der Waals surface area contributed by atoms with Crippen molar-refractivity contribution in [2.75, 3.05) is 5.32 Å². The summed E-state index contributed by atoms with van der Waals surface area (Å²) in [7, 11) is 0. The van der Waals surface area contributed by atoms with E-state index in [2.05, 4.69) is 178 Å². The molecule has 4 nitrogen and oxygen atoms in total. The maximum absolute atomic E-state index is 4.82.